The summed E-state index contributed by atoms with van der Waals surface area (Å²) in [6, 6.07) is 8.85. The van der Waals surface area contributed by atoms with Crippen molar-refractivity contribution in [2.75, 3.05) is 6.54 Å². The number of rotatable bonds is 5. The van der Waals surface area contributed by atoms with Crippen LogP contribution in [0.1, 0.15) is 42.5 Å². The van der Waals surface area contributed by atoms with Crippen molar-refractivity contribution in [3.8, 4) is 0 Å². The molecule has 0 saturated heterocycles. The number of nitrogens with one attached hydrogen (secondary N) is 1. The molecule has 0 amide bonds. The molecule has 0 bridgehead atoms. The first-order valence-electron chi connectivity index (χ1n) is 6.73. The molecule has 1 aromatic heterocycles. The van der Waals surface area contributed by atoms with Gasteiger partial charge in [-0.2, -0.15) is 0 Å². The minimum Gasteiger partial charge on any atom is -0.464 e. The van der Waals surface area contributed by atoms with E-state index in [2.05, 4.69) is 19.2 Å². The van der Waals surface area contributed by atoms with Crippen LogP contribution in [0.5, 0.6) is 0 Å². The molecule has 2 aromatic rings. The van der Waals surface area contributed by atoms with Crippen molar-refractivity contribution in [3.63, 3.8) is 0 Å². The Hall–Kier alpha value is -1.61. The first-order chi connectivity index (χ1) is 9.15. The molecule has 0 aliphatic carbocycles. The molecule has 1 N–H and O–H groups in total. The van der Waals surface area contributed by atoms with E-state index in [9.17, 15) is 4.39 Å². The van der Waals surface area contributed by atoms with Gasteiger partial charge in [0.25, 0.3) is 0 Å². The Morgan fingerprint density at radius 2 is 2.00 bits per heavy atom. The Balaban J connectivity index is 2.38. The molecule has 19 heavy (non-hydrogen) atoms. The van der Waals surface area contributed by atoms with Crippen molar-refractivity contribution in [2.45, 2.75) is 33.2 Å². The Bertz CT molecular complexity index is 547. The van der Waals surface area contributed by atoms with Crippen LogP contribution in [0.2, 0.25) is 0 Å². The van der Waals surface area contributed by atoms with Crippen LogP contribution in [0.25, 0.3) is 0 Å². The van der Waals surface area contributed by atoms with E-state index in [0.29, 0.717) is 0 Å². The number of furan rings is 1. The van der Waals surface area contributed by atoms with Crippen molar-refractivity contribution < 1.29 is 8.81 Å². The molecule has 1 atom stereocenters. The summed E-state index contributed by atoms with van der Waals surface area (Å²) in [6.07, 6.45) is 0.876. The summed E-state index contributed by atoms with van der Waals surface area (Å²) in [5.74, 6) is 1.65. The van der Waals surface area contributed by atoms with Gasteiger partial charge in [-0.3, -0.25) is 0 Å². The fourth-order valence-electron chi connectivity index (χ4n) is 2.27. The van der Waals surface area contributed by atoms with Gasteiger partial charge in [-0.1, -0.05) is 19.9 Å². The summed E-state index contributed by atoms with van der Waals surface area (Å²) < 4.78 is 19.0. The fraction of sp³-hybridized carbons (Fsp3) is 0.375. The van der Waals surface area contributed by atoms with Gasteiger partial charge in [0.1, 0.15) is 17.3 Å². The van der Waals surface area contributed by atoms with E-state index >= 15 is 0 Å². The molecule has 0 aliphatic heterocycles. The van der Waals surface area contributed by atoms with Crippen molar-refractivity contribution in [1.82, 2.24) is 5.32 Å². The molecule has 0 aliphatic rings. The molecule has 2 rings (SSSR count). The topological polar surface area (TPSA) is 25.2 Å². The first kappa shape index (κ1) is 13.8. The van der Waals surface area contributed by atoms with Gasteiger partial charge in [-0.15, -0.1) is 0 Å². The quantitative estimate of drug-likeness (QED) is 0.880. The van der Waals surface area contributed by atoms with Crippen LogP contribution in [0.4, 0.5) is 4.39 Å². The molecule has 0 radical (unpaired) electrons. The van der Waals surface area contributed by atoms with Gasteiger partial charge < -0.3 is 9.73 Å². The number of aryl methyl sites for hydroxylation is 2. The van der Waals surface area contributed by atoms with Crippen LogP contribution in [0, 0.1) is 12.7 Å². The molecule has 102 valence electrons. The molecule has 3 heteroatoms. The molecular formula is C16H20FNO. The van der Waals surface area contributed by atoms with E-state index in [4.69, 9.17) is 4.42 Å². The van der Waals surface area contributed by atoms with Crippen molar-refractivity contribution in [1.29, 1.82) is 0 Å². The summed E-state index contributed by atoms with van der Waals surface area (Å²) in [5.41, 5.74) is 1.99. The average Bonchev–Trinajstić information content (AvgIpc) is 2.85. The lowest BCUT2D eigenvalue weighted by Gasteiger charge is -2.18. The standard InChI is InChI=1S/C16H20FNO/c1-4-13-7-9-15(19-13)16(18-5-2)14-8-6-12(17)10-11(14)3/h6-10,16,18H,4-5H2,1-3H3. The predicted octanol–water partition coefficient (Wildman–Crippen LogP) is 3.99. The van der Waals surface area contributed by atoms with E-state index in [0.717, 1.165) is 35.6 Å². The third kappa shape index (κ3) is 3.04. The lowest BCUT2D eigenvalue weighted by Crippen LogP contribution is -2.22. The monoisotopic (exact) mass is 261 g/mol. The molecular weight excluding hydrogens is 241 g/mol. The highest BCUT2D eigenvalue weighted by Crippen LogP contribution is 2.27. The lowest BCUT2D eigenvalue weighted by molar-refractivity contribution is 0.425. The maximum absolute atomic E-state index is 13.2. The van der Waals surface area contributed by atoms with Crippen LogP contribution in [0.15, 0.2) is 34.7 Å². The van der Waals surface area contributed by atoms with Crippen molar-refractivity contribution in [3.05, 3.63) is 58.8 Å². The molecule has 0 spiro atoms. The molecule has 1 heterocycles. The Labute approximate surface area is 113 Å². The maximum Gasteiger partial charge on any atom is 0.125 e. The van der Waals surface area contributed by atoms with E-state index in [1.165, 1.54) is 6.07 Å². The zero-order valence-corrected chi connectivity index (χ0v) is 11.7. The Morgan fingerprint density at radius 3 is 2.58 bits per heavy atom. The predicted molar refractivity (Wildman–Crippen MR) is 74.7 cm³/mol. The van der Waals surface area contributed by atoms with Gasteiger partial charge in [0.05, 0.1) is 6.04 Å². The van der Waals surface area contributed by atoms with Gasteiger partial charge >= 0.3 is 0 Å². The number of hydrogen-bond donors (Lipinski definition) is 1. The highest BCUT2D eigenvalue weighted by Gasteiger charge is 2.18. The molecule has 1 unspecified atom stereocenters. The third-order valence-electron chi connectivity index (χ3n) is 3.27. The summed E-state index contributed by atoms with van der Waals surface area (Å²) in [5, 5.41) is 3.40. The smallest absolute Gasteiger partial charge is 0.125 e. The minimum absolute atomic E-state index is 0.0223. The Kier molecular flexibility index (Phi) is 4.38. The SMILES string of the molecule is CCNC(c1ccc(CC)o1)c1ccc(F)cc1C. The van der Waals surface area contributed by atoms with Gasteiger partial charge in [-0.05, 0) is 48.9 Å². The normalized spacial score (nSPS) is 12.6. The summed E-state index contributed by atoms with van der Waals surface area (Å²) in [4.78, 5) is 0. The zero-order valence-electron chi connectivity index (χ0n) is 11.7. The zero-order chi connectivity index (χ0) is 13.8. The van der Waals surface area contributed by atoms with E-state index in [1.54, 1.807) is 6.07 Å². The van der Waals surface area contributed by atoms with Crippen LogP contribution >= 0.6 is 0 Å². The van der Waals surface area contributed by atoms with Crippen LogP contribution < -0.4 is 5.32 Å². The molecule has 0 fully saturated rings. The second kappa shape index (κ2) is 6.02. The lowest BCUT2D eigenvalue weighted by atomic mass is 9.99. The first-order valence-corrected chi connectivity index (χ1v) is 6.73. The second-order valence-electron chi connectivity index (χ2n) is 4.65. The average molecular weight is 261 g/mol. The molecule has 0 saturated carbocycles. The number of halogens is 1. The summed E-state index contributed by atoms with van der Waals surface area (Å²) in [7, 11) is 0. The van der Waals surface area contributed by atoms with Crippen LogP contribution in [-0.4, -0.2) is 6.54 Å². The van der Waals surface area contributed by atoms with Crippen molar-refractivity contribution in [2.24, 2.45) is 0 Å². The van der Waals surface area contributed by atoms with Crippen LogP contribution in [0.3, 0.4) is 0 Å². The summed E-state index contributed by atoms with van der Waals surface area (Å²) >= 11 is 0. The van der Waals surface area contributed by atoms with Gasteiger partial charge in [0.2, 0.25) is 0 Å². The second-order valence-corrected chi connectivity index (χ2v) is 4.65. The largest absolute Gasteiger partial charge is 0.464 e. The van der Waals surface area contributed by atoms with Crippen molar-refractivity contribution >= 4 is 0 Å². The fourth-order valence-corrected chi connectivity index (χ4v) is 2.27. The molecule has 1 aromatic carbocycles. The third-order valence-corrected chi connectivity index (χ3v) is 3.27. The molecule has 2 nitrogen and oxygen atoms in total. The van der Waals surface area contributed by atoms with E-state index in [-0.39, 0.29) is 11.9 Å². The summed E-state index contributed by atoms with van der Waals surface area (Å²) in [6.45, 7) is 6.86. The van der Waals surface area contributed by atoms with Gasteiger partial charge in [-0.25, -0.2) is 4.39 Å². The van der Waals surface area contributed by atoms with Gasteiger partial charge in [0, 0.05) is 6.42 Å². The minimum atomic E-state index is -0.204. The Morgan fingerprint density at radius 1 is 1.21 bits per heavy atom. The highest BCUT2D eigenvalue weighted by molar-refractivity contribution is 5.34. The number of benzene rings is 1. The van der Waals surface area contributed by atoms with E-state index in [1.807, 2.05) is 25.1 Å². The highest BCUT2D eigenvalue weighted by atomic mass is 19.1. The number of hydrogen-bond acceptors (Lipinski definition) is 2. The maximum atomic E-state index is 13.2. The van der Waals surface area contributed by atoms with Crippen LogP contribution in [-0.2, 0) is 6.42 Å². The van der Waals surface area contributed by atoms with Gasteiger partial charge in [0.15, 0.2) is 0 Å². The van der Waals surface area contributed by atoms with E-state index < -0.39 is 0 Å².